The van der Waals surface area contributed by atoms with Gasteiger partial charge in [-0.2, -0.15) is 0 Å². The Morgan fingerprint density at radius 2 is 2.10 bits per heavy atom. The molecule has 0 heterocycles. The van der Waals surface area contributed by atoms with E-state index in [-0.39, 0.29) is 12.0 Å². The standard InChI is InChI=1S/C16H24N2O3/c1-12(20-11-14-5-3-2-4-6-14)15(17)16(19)18-21-10-9-13-7-8-13/h2-6,12-13,15H,7-11,17H2,1H3,(H,18,19)/t12-,15+/m0/s1. The third kappa shape index (κ3) is 5.83. The second kappa shape index (κ2) is 8.12. The number of nitrogens with two attached hydrogens (primary N) is 1. The molecule has 0 unspecified atom stereocenters. The smallest absolute Gasteiger partial charge is 0.263 e. The molecule has 2 rings (SSSR count). The monoisotopic (exact) mass is 292 g/mol. The Hall–Kier alpha value is -1.43. The van der Waals surface area contributed by atoms with Crippen LogP contribution in [0.5, 0.6) is 0 Å². The highest BCUT2D eigenvalue weighted by Crippen LogP contribution is 2.31. The van der Waals surface area contributed by atoms with Crippen molar-refractivity contribution in [1.82, 2.24) is 5.48 Å². The van der Waals surface area contributed by atoms with Crippen LogP contribution in [0.1, 0.15) is 31.7 Å². The van der Waals surface area contributed by atoms with Crippen molar-refractivity contribution in [3.8, 4) is 0 Å². The summed E-state index contributed by atoms with van der Waals surface area (Å²) in [5, 5.41) is 0. The SMILES string of the molecule is C[C@H](OCc1ccccc1)[C@@H](N)C(=O)NOCCC1CC1. The van der Waals surface area contributed by atoms with E-state index in [0.717, 1.165) is 17.9 Å². The first-order chi connectivity index (χ1) is 10.2. The summed E-state index contributed by atoms with van der Waals surface area (Å²) in [6, 6.07) is 9.05. The number of carbonyl (C=O) groups excluding carboxylic acids is 1. The first-order valence-corrected chi connectivity index (χ1v) is 7.49. The number of ether oxygens (including phenoxy) is 1. The molecular weight excluding hydrogens is 268 g/mol. The molecule has 0 aliphatic heterocycles. The number of carbonyl (C=O) groups is 1. The Labute approximate surface area is 125 Å². The van der Waals surface area contributed by atoms with E-state index in [1.54, 1.807) is 6.92 Å². The van der Waals surface area contributed by atoms with Crippen molar-refractivity contribution < 1.29 is 14.4 Å². The molecule has 1 aromatic rings. The van der Waals surface area contributed by atoms with Crippen LogP contribution in [0, 0.1) is 5.92 Å². The van der Waals surface area contributed by atoms with Gasteiger partial charge in [0.05, 0.1) is 19.3 Å². The Morgan fingerprint density at radius 3 is 2.76 bits per heavy atom. The Bertz CT molecular complexity index is 434. The van der Waals surface area contributed by atoms with E-state index in [1.165, 1.54) is 12.8 Å². The molecule has 1 amide bonds. The summed E-state index contributed by atoms with van der Waals surface area (Å²) in [4.78, 5) is 17.0. The third-order valence-electron chi connectivity index (χ3n) is 3.66. The van der Waals surface area contributed by atoms with Crippen molar-refractivity contribution in [2.45, 2.75) is 44.9 Å². The van der Waals surface area contributed by atoms with Crippen molar-refractivity contribution in [1.29, 1.82) is 0 Å². The minimum atomic E-state index is -0.741. The van der Waals surface area contributed by atoms with Crippen molar-refractivity contribution in [2.75, 3.05) is 6.61 Å². The Balaban J connectivity index is 1.62. The Morgan fingerprint density at radius 1 is 1.38 bits per heavy atom. The second-order valence-electron chi connectivity index (χ2n) is 5.57. The van der Waals surface area contributed by atoms with Gasteiger partial charge in [-0.05, 0) is 24.8 Å². The van der Waals surface area contributed by atoms with Gasteiger partial charge in [0, 0.05) is 0 Å². The third-order valence-corrected chi connectivity index (χ3v) is 3.66. The number of benzene rings is 1. The van der Waals surface area contributed by atoms with E-state index >= 15 is 0 Å². The first-order valence-electron chi connectivity index (χ1n) is 7.49. The van der Waals surface area contributed by atoms with Gasteiger partial charge < -0.3 is 10.5 Å². The van der Waals surface area contributed by atoms with Crippen molar-refractivity contribution >= 4 is 5.91 Å². The average Bonchev–Trinajstić information content (AvgIpc) is 3.33. The van der Waals surface area contributed by atoms with Crippen LogP contribution in [0.4, 0.5) is 0 Å². The van der Waals surface area contributed by atoms with Gasteiger partial charge in [0.1, 0.15) is 6.04 Å². The van der Waals surface area contributed by atoms with E-state index in [2.05, 4.69) is 5.48 Å². The van der Waals surface area contributed by atoms with E-state index in [1.807, 2.05) is 30.3 Å². The molecule has 5 nitrogen and oxygen atoms in total. The van der Waals surface area contributed by atoms with E-state index in [9.17, 15) is 4.79 Å². The summed E-state index contributed by atoms with van der Waals surface area (Å²) in [6.45, 7) is 2.77. The maximum atomic E-state index is 11.8. The highest BCUT2D eigenvalue weighted by atomic mass is 16.7. The molecule has 116 valence electrons. The van der Waals surface area contributed by atoms with Crippen LogP contribution >= 0.6 is 0 Å². The van der Waals surface area contributed by atoms with Crippen LogP contribution in [0.25, 0.3) is 0 Å². The summed E-state index contributed by atoms with van der Waals surface area (Å²) in [6.07, 6.45) is 3.18. The predicted molar refractivity (Wildman–Crippen MR) is 80.1 cm³/mol. The highest BCUT2D eigenvalue weighted by molar-refractivity contribution is 5.81. The van der Waals surface area contributed by atoms with Crippen molar-refractivity contribution in [3.05, 3.63) is 35.9 Å². The quantitative estimate of drug-likeness (QED) is 0.537. The lowest BCUT2D eigenvalue weighted by molar-refractivity contribution is -0.138. The maximum absolute atomic E-state index is 11.8. The molecule has 1 saturated carbocycles. The molecule has 5 heteroatoms. The van der Waals surface area contributed by atoms with E-state index < -0.39 is 6.04 Å². The molecule has 0 aromatic heterocycles. The van der Waals surface area contributed by atoms with Crippen LogP contribution < -0.4 is 11.2 Å². The molecule has 0 radical (unpaired) electrons. The minimum absolute atomic E-state index is 0.341. The van der Waals surface area contributed by atoms with Gasteiger partial charge in [-0.25, -0.2) is 5.48 Å². The lowest BCUT2D eigenvalue weighted by Gasteiger charge is -2.19. The molecule has 0 saturated heterocycles. The molecule has 1 aromatic carbocycles. The molecule has 3 N–H and O–H groups in total. The number of hydrogen-bond donors (Lipinski definition) is 2. The lowest BCUT2D eigenvalue weighted by atomic mass is 10.2. The predicted octanol–water partition coefficient (Wildman–Crippen LogP) is 1.77. The number of amides is 1. The largest absolute Gasteiger partial charge is 0.372 e. The molecule has 1 fully saturated rings. The number of hydrogen-bond acceptors (Lipinski definition) is 4. The van der Waals surface area contributed by atoms with Crippen LogP contribution in [0.15, 0.2) is 30.3 Å². The molecule has 0 spiro atoms. The van der Waals surface area contributed by atoms with Crippen LogP contribution in [0.2, 0.25) is 0 Å². The molecule has 2 atom stereocenters. The van der Waals surface area contributed by atoms with Gasteiger partial charge in [0.15, 0.2) is 0 Å². The van der Waals surface area contributed by atoms with Gasteiger partial charge in [-0.1, -0.05) is 43.2 Å². The highest BCUT2D eigenvalue weighted by Gasteiger charge is 2.23. The number of rotatable bonds is 9. The fourth-order valence-corrected chi connectivity index (χ4v) is 1.94. The molecule has 0 bridgehead atoms. The van der Waals surface area contributed by atoms with E-state index in [0.29, 0.717) is 13.2 Å². The first kappa shape index (κ1) is 15.9. The summed E-state index contributed by atoms with van der Waals surface area (Å²) >= 11 is 0. The summed E-state index contributed by atoms with van der Waals surface area (Å²) in [5.74, 6) is 0.440. The van der Waals surface area contributed by atoms with Crippen LogP contribution in [-0.4, -0.2) is 24.7 Å². The maximum Gasteiger partial charge on any atom is 0.263 e. The fraction of sp³-hybridized carbons (Fsp3) is 0.562. The van der Waals surface area contributed by atoms with Crippen molar-refractivity contribution in [3.63, 3.8) is 0 Å². The van der Waals surface area contributed by atoms with E-state index in [4.69, 9.17) is 15.3 Å². The lowest BCUT2D eigenvalue weighted by Crippen LogP contribution is -2.48. The summed E-state index contributed by atoms with van der Waals surface area (Å²) in [5.41, 5.74) is 9.32. The van der Waals surface area contributed by atoms with Crippen molar-refractivity contribution in [2.24, 2.45) is 11.7 Å². The normalized spacial score (nSPS) is 17.2. The zero-order chi connectivity index (χ0) is 15.1. The second-order valence-corrected chi connectivity index (χ2v) is 5.57. The van der Waals surface area contributed by atoms with Crippen LogP contribution in [-0.2, 0) is 21.0 Å². The topological polar surface area (TPSA) is 73.6 Å². The van der Waals surface area contributed by atoms with Gasteiger partial charge >= 0.3 is 0 Å². The average molecular weight is 292 g/mol. The number of hydroxylamine groups is 1. The van der Waals surface area contributed by atoms with Gasteiger partial charge in [-0.15, -0.1) is 0 Å². The molecular formula is C16H24N2O3. The zero-order valence-electron chi connectivity index (χ0n) is 12.5. The summed E-state index contributed by atoms with van der Waals surface area (Å²) in [7, 11) is 0. The fourth-order valence-electron chi connectivity index (χ4n) is 1.94. The van der Waals surface area contributed by atoms with Gasteiger partial charge in [0.25, 0.3) is 5.91 Å². The molecule has 21 heavy (non-hydrogen) atoms. The zero-order valence-corrected chi connectivity index (χ0v) is 12.5. The molecule has 1 aliphatic carbocycles. The summed E-state index contributed by atoms with van der Waals surface area (Å²) < 4.78 is 5.62. The minimum Gasteiger partial charge on any atom is -0.372 e. The van der Waals surface area contributed by atoms with Gasteiger partial charge in [-0.3, -0.25) is 9.63 Å². The molecule has 1 aliphatic rings. The van der Waals surface area contributed by atoms with Crippen LogP contribution in [0.3, 0.4) is 0 Å². The van der Waals surface area contributed by atoms with Gasteiger partial charge in [0.2, 0.25) is 0 Å². The Kier molecular flexibility index (Phi) is 6.17. The number of nitrogens with one attached hydrogen (secondary N) is 1.